The molecule has 0 aliphatic heterocycles. The number of hydrogen-bond acceptors (Lipinski definition) is 2. The van der Waals surface area contributed by atoms with Crippen LogP contribution in [0.4, 0.5) is 0 Å². The van der Waals surface area contributed by atoms with Crippen LogP contribution < -0.4 is 10.5 Å². The van der Waals surface area contributed by atoms with E-state index in [9.17, 15) is 4.79 Å². The van der Waals surface area contributed by atoms with Crippen LogP contribution in [0.5, 0.6) is 11.5 Å². The molecule has 0 fully saturated rings. The summed E-state index contributed by atoms with van der Waals surface area (Å²) in [6, 6.07) is 14.4. The van der Waals surface area contributed by atoms with Gasteiger partial charge in [0.15, 0.2) is 0 Å². The minimum absolute atomic E-state index is 0.471. The number of nitrogens with two attached hydrogens (primary N) is 1. The summed E-state index contributed by atoms with van der Waals surface area (Å²) in [5.74, 6) is 0.949. The van der Waals surface area contributed by atoms with Crippen molar-refractivity contribution in [1.82, 2.24) is 0 Å². The van der Waals surface area contributed by atoms with Gasteiger partial charge in [-0.2, -0.15) is 0 Å². The number of hydrogen-bond donors (Lipinski definition) is 1. The number of rotatable bonds is 4. The minimum atomic E-state index is -0.471. The fourth-order valence-electron chi connectivity index (χ4n) is 1.46. The number of carbonyl (C=O) groups is 1. The second kappa shape index (κ2) is 6.07. The number of carbonyl (C=O) groups excluding carboxylic acids is 1. The highest BCUT2D eigenvalue weighted by Gasteiger charge is 1.97. The van der Waals surface area contributed by atoms with Crippen molar-refractivity contribution in [3.8, 4) is 11.5 Å². The van der Waals surface area contributed by atoms with E-state index in [0.717, 1.165) is 5.56 Å². The highest BCUT2D eigenvalue weighted by molar-refractivity contribution is 6.30. The molecule has 0 atom stereocenters. The summed E-state index contributed by atoms with van der Waals surface area (Å²) >= 11 is 5.79. The Morgan fingerprint density at radius 1 is 1.00 bits per heavy atom. The molecule has 0 unspecified atom stereocenters. The zero-order valence-electron chi connectivity index (χ0n) is 10.0. The van der Waals surface area contributed by atoms with E-state index in [1.165, 1.54) is 6.08 Å². The Balaban J connectivity index is 2.06. The van der Waals surface area contributed by atoms with Gasteiger partial charge in [0.2, 0.25) is 5.91 Å². The summed E-state index contributed by atoms with van der Waals surface area (Å²) in [7, 11) is 0. The normalized spacial score (nSPS) is 10.6. The Labute approximate surface area is 116 Å². The molecule has 0 aliphatic carbocycles. The van der Waals surface area contributed by atoms with E-state index in [-0.39, 0.29) is 0 Å². The second-order valence-electron chi connectivity index (χ2n) is 3.86. The summed E-state index contributed by atoms with van der Waals surface area (Å²) in [5, 5.41) is 0.666. The molecular weight excluding hydrogens is 262 g/mol. The Morgan fingerprint density at radius 3 is 2.05 bits per heavy atom. The lowest BCUT2D eigenvalue weighted by Gasteiger charge is -2.05. The molecule has 0 aromatic heterocycles. The van der Waals surface area contributed by atoms with E-state index in [0.29, 0.717) is 16.5 Å². The molecule has 0 saturated heterocycles. The van der Waals surface area contributed by atoms with Crippen molar-refractivity contribution in [2.75, 3.05) is 0 Å². The Kier molecular flexibility index (Phi) is 4.21. The lowest BCUT2D eigenvalue weighted by Crippen LogP contribution is -2.04. The molecule has 4 heteroatoms. The van der Waals surface area contributed by atoms with Crippen molar-refractivity contribution in [1.29, 1.82) is 0 Å². The number of primary amides is 1. The molecule has 0 saturated carbocycles. The van der Waals surface area contributed by atoms with Crippen LogP contribution >= 0.6 is 11.6 Å². The third-order valence-corrected chi connectivity index (χ3v) is 2.62. The Bertz CT molecular complexity index is 589. The monoisotopic (exact) mass is 273 g/mol. The van der Waals surface area contributed by atoms with Crippen molar-refractivity contribution >= 4 is 23.6 Å². The van der Waals surface area contributed by atoms with E-state index in [2.05, 4.69) is 0 Å². The summed E-state index contributed by atoms with van der Waals surface area (Å²) in [5.41, 5.74) is 5.90. The van der Waals surface area contributed by atoms with E-state index in [4.69, 9.17) is 22.1 Å². The van der Waals surface area contributed by atoms with Gasteiger partial charge in [-0.3, -0.25) is 4.79 Å². The van der Waals surface area contributed by atoms with Gasteiger partial charge in [0.25, 0.3) is 0 Å². The molecule has 2 aromatic rings. The summed E-state index contributed by atoms with van der Waals surface area (Å²) < 4.78 is 5.64. The lowest BCUT2D eigenvalue weighted by molar-refractivity contribution is -0.113. The Morgan fingerprint density at radius 2 is 1.53 bits per heavy atom. The predicted octanol–water partition coefficient (Wildman–Crippen LogP) is 3.63. The van der Waals surface area contributed by atoms with E-state index < -0.39 is 5.91 Å². The fourth-order valence-corrected chi connectivity index (χ4v) is 1.59. The number of benzene rings is 2. The molecule has 2 rings (SSSR count). The molecule has 0 aliphatic rings. The first-order chi connectivity index (χ1) is 9.13. The summed E-state index contributed by atoms with van der Waals surface area (Å²) in [6.45, 7) is 0. The van der Waals surface area contributed by atoms with Crippen LogP contribution in [0.2, 0.25) is 5.02 Å². The third-order valence-electron chi connectivity index (χ3n) is 2.37. The van der Waals surface area contributed by atoms with Crippen LogP contribution in [0.15, 0.2) is 54.6 Å². The van der Waals surface area contributed by atoms with Gasteiger partial charge in [-0.25, -0.2) is 0 Å². The van der Waals surface area contributed by atoms with Crippen molar-refractivity contribution in [2.24, 2.45) is 5.73 Å². The lowest BCUT2D eigenvalue weighted by atomic mass is 10.2. The smallest absolute Gasteiger partial charge is 0.241 e. The molecule has 0 radical (unpaired) electrons. The SMILES string of the molecule is NC(=O)C=Cc1ccc(Oc2ccc(Cl)cc2)cc1. The van der Waals surface area contributed by atoms with Crippen LogP contribution in [0.3, 0.4) is 0 Å². The quantitative estimate of drug-likeness (QED) is 0.865. The molecule has 0 spiro atoms. The van der Waals surface area contributed by atoms with E-state index in [1.807, 2.05) is 24.3 Å². The molecular formula is C15H12ClNO2. The molecule has 3 nitrogen and oxygen atoms in total. The standard InChI is InChI=1S/C15H12ClNO2/c16-12-4-8-14(9-5-12)19-13-6-1-11(2-7-13)3-10-15(17)18/h1-10H,(H2,17,18). The first-order valence-corrected chi connectivity index (χ1v) is 6.02. The zero-order chi connectivity index (χ0) is 13.7. The summed E-state index contributed by atoms with van der Waals surface area (Å²) in [4.78, 5) is 10.6. The van der Waals surface area contributed by atoms with Crippen molar-refractivity contribution in [3.05, 3.63) is 65.2 Å². The van der Waals surface area contributed by atoms with Crippen molar-refractivity contribution in [2.45, 2.75) is 0 Å². The van der Waals surface area contributed by atoms with Crippen molar-refractivity contribution in [3.63, 3.8) is 0 Å². The fraction of sp³-hybridized carbons (Fsp3) is 0. The van der Waals surface area contributed by atoms with Crippen LogP contribution in [0.1, 0.15) is 5.56 Å². The van der Waals surface area contributed by atoms with Gasteiger partial charge in [-0.1, -0.05) is 23.7 Å². The van der Waals surface area contributed by atoms with Crippen LogP contribution in [-0.4, -0.2) is 5.91 Å². The van der Waals surface area contributed by atoms with Gasteiger partial charge in [-0.05, 0) is 48.0 Å². The largest absolute Gasteiger partial charge is 0.457 e. The maximum Gasteiger partial charge on any atom is 0.241 e. The highest BCUT2D eigenvalue weighted by atomic mass is 35.5. The number of amides is 1. The van der Waals surface area contributed by atoms with Gasteiger partial charge < -0.3 is 10.5 Å². The maximum absolute atomic E-state index is 10.6. The van der Waals surface area contributed by atoms with Gasteiger partial charge >= 0.3 is 0 Å². The minimum Gasteiger partial charge on any atom is -0.457 e. The second-order valence-corrected chi connectivity index (χ2v) is 4.30. The topological polar surface area (TPSA) is 52.3 Å². The molecule has 2 N–H and O–H groups in total. The zero-order valence-corrected chi connectivity index (χ0v) is 10.8. The van der Waals surface area contributed by atoms with Crippen LogP contribution in [0, 0.1) is 0 Å². The first kappa shape index (κ1) is 13.2. The predicted molar refractivity (Wildman–Crippen MR) is 76.2 cm³/mol. The summed E-state index contributed by atoms with van der Waals surface area (Å²) in [6.07, 6.45) is 2.96. The first-order valence-electron chi connectivity index (χ1n) is 5.64. The Hall–Kier alpha value is -2.26. The molecule has 2 aromatic carbocycles. The average molecular weight is 274 g/mol. The van der Waals surface area contributed by atoms with Crippen LogP contribution in [-0.2, 0) is 4.79 Å². The van der Waals surface area contributed by atoms with Gasteiger partial charge in [0.05, 0.1) is 0 Å². The van der Waals surface area contributed by atoms with Crippen LogP contribution in [0.25, 0.3) is 6.08 Å². The van der Waals surface area contributed by atoms with Gasteiger partial charge in [0, 0.05) is 11.1 Å². The van der Waals surface area contributed by atoms with E-state index in [1.54, 1.807) is 30.3 Å². The molecule has 96 valence electrons. The van der Waals surface area contributed by atoms with Gasteiger partial charge in [0.1, 0.15) is 11.5 Å². The molecule has 0 heterocycles. The third kappa shape index (κ3) is 4.16. The van der Waals surface area contributed by atoms with Crippen molar-refractivity contribution < 1.29 is 9.53 Å². The number of ether oxygens (including phenoxy) is 1. The average Bonchev–Trinajstić information content (AvgIpc) is 2.40. The molecule has 1 amide bonds. The molecule has 0 bridgehead atoms. The van der Waals surface area contributed by atoms with Gasteiger partial charge in [-0.15, -0.1) is 0 Å². The molecule has 19 heavy (non-hydrogen) atoms. The van der Waals surface area contributed by atoms with E-state index >= 15 is 0 Å². The maximum atomic E-state index is 10.6. The highest BCUT2D eigenvalue weighted by Crippen LogP contribution is 2.23. The number of halogens is 1.